The lowest BCUT2D eigenvalue weighted by atomic mass is 10.1. The average molecular weight is 448 g/mol. The molecule has 0 unspecified atom stereocenters. The first-order chi connectivity index (χ1) is 14.8. The van der Waals surface area contributed by atoms with E-state index in [2.05, 4.69) is 0 Å². The lowest BCUT2D eigenvalue weighted by molar-refractivity contribution is -0.145. The van der Waals surface area contributed by atoms with E-state index in [1.165, 1.54) is 4.90 Å². The van der Waals surface area contributed by atoms with Gasteiger partial charge in [0.25, 0.3) is 0 Å². The first kappa shape index (κ1) is 21.5. The van der Waals surface area contributed by atoms with Gasteiger partial charge in [-0.25, -0.2) is 18.1 Å². The van der Waals surface area contributed by atoms with Crippen molar-refractivity contribution >= 4 is 33.6 Å². The highest BCUT2D eigenvalue weighted by Gasteiger charge is 2.49. The Bertz CT molecular complexity index is 1000. The molecule has 3 aliphatic rings. The highest BCUT2D eigenvalue weighted by Crippen LogP contribution is 2.28. The van der Waals surface area contributed by atoms with E-state index in [4.69, 9.17) is 0 Å². The number of rotatable bonds is 6. The predicted molar refractivity (Wildman–Crippen MR) is 110 cm³/mol. The predicted octanol–water partition coefficient (Wildman–Crippen LogP) is 0.936. The first-order valence-electron chi connectivity index (χ1n) is 10.5. The normalized spacial score (nSPS) is 23.7. The summed E-state index contributed by atoms with van der Waals surface area (Å²) >= 11 is 0. The van der Waals surface area contributed by atoms with Crippen LogP contribution in [0, 0.1) is 0 Å². The standard InChI is InChI=1S/C21H25N3O6S/c25-18(13-23-19(26)20(27)24(21(23)28)16-8-4-5-9-16)22(12-15-6-2-1-3-7-15)17-10-11-31(29,30)14-17/h1-3,6-7,16-17H,4-5,8-14H2/t17-/m0/s1. The molecule has 166 valence electrons. The topological polar surface area (TPSA) is 112 Å². The maximum absolute atomic E-state index is 13.2. The molecule has 1 aromatic rings. The smallest absolute Gasteiger partial charge is 0.333 e. The van der Waals surface area contributed by atoms with Crippen LogP contribution in [0.2, 0.25) is 0 Å². The van der Waals surface area contributed by atoms with Crippen LogP contribution in [-0.2, 0) is 30.8 Å². The summed E-state index contributed by atoms with van der Waals surface area (Å²) in [6.07, 6.45) is 3.39. The zero-order valence-corrected chi connectivity index (χ0v) is 17.9. The van der Waals surface area contributed by atoms with Gasteiger partial charge in [0.15, 0.2) is 9.84 Å². The number of nitrogens with zero attached hydrogens (tertiary/aromatic N) is 3. The van der Waals surface area contributed by atoms with Crippen LogP contribution in [0.15, 0.2) is 30.3 Å². The molecule has 0 radical (unpaired) electrons. The van der Waals surface area contributed by atoms with Gasteiger partial charge in [0.1, 0.15) is 6.54 Å². The van der Waals surface area contributed by atoms with Crippen LogP contribution in [0.5, 0.6) is 0 Å². The van der Waals surface area contributed by atoms with Crippen LogP contribution in [-0.4, -0.2) is 77.0 Å². The van der Waals surface area contributed by atoms with E-state index in [0.717, 1.165) is 23.3 Å². The summed E-state index contributed by atoms with van der Waals surface area (Å²) < 4.78 is 24.0. The Morgan fingerprint density at radius 2 is 1.68 bits per heavy atom. The Kier molecular flexibility index (Phi) is 5.83. The van der Waals surface area contributed by atoms with Crippen LogP contribution in [0.4, 0.5) is 4.79 Å². The molecule has 10 heteroatoms. The van der Waals surface area contributed by atoms with Gasteiger partial charge in [0.05, 0.1) is 11.5 Å². The van der Waals surface area contributed by atoms with E-state index in [0.29, 0.717) is 24.2 Å². The summed E-state index contributed by atoms with van der Waals surface area (Å²) in [5.74, 6) is -2.59. The molecule has 31 heavy (non-hydrogen) atoms. The molecule has 1 aliphatic carbocycles. The third-order valence-electron chi connectivity index (χ3n) is 6.23. The summed E-state index contributed by atoms with van der Waals surface area (Å²) in [5, 5.41) is 0. The maximum Gasteiger partial charge on any atom is 0.334 e. The average Bonchev–Trinajstić information content (AvgIpc) is 3.43. The Hall–Kier alpha value is -2.75. The molecule has 4 rings (SSSR count). The van der Waals surface area contributed by atoms with Gasteiger partial charge in [-0.05, 0) is 24.8 Å². The van der Waals surface area contributed by atoms with E-state index >= 15 is 0 Å². The van der Waals surface area contributed by atoms with Crippen molar-refractivity contribution in [2.45, 2.75) is 50.7 Å². The summed E-state index contributed by atoms with van der Waals surface area (Å²) in [7, 11) is -3.25. The highest BCUT2D eigenvalue weighted by molar-refractivity contribution is 7.91. The monoisotopic (exact) mass is 447 g/mol. The number of benzene rings is 1. The van der Waals surface area contributed by atoms with Crippen molar-refractivity contribution < 1.29 is 27.6 Å². The lowest BCUT2D eigenvalue weighted by Crippen LogP contribution is -2.48. The maximum atomic E-state index is 13.2. The molecule has 3 fully saturated rings. The van der Waals surface area contributed by atoms with Crippen LogP contribution in [0.3, 0.4) is 0 Å². The Balaban J connectivity index is 1.53. The van der Waals surface area contributed by atoms with Crippen molar-refractivity contribution in [3.63, 3.8) is 0 Å². The van der Waals surface area contributed by atoms with Gasteiger partial charge < -0.3 is 4.90 Å². The van der Waals surface area contributed by atoms with Crippen molar-refractivity contribution in [2.75, 3.05) is 18.1 Å². The largest absolute Gasteiger partial charge is 0.334 e. The molecule has 0 bridgehead atoms. The lowest BCUT2D eigenvalue weighted by Gasteiger charge is -2.30. The summed E-state index contributed by atoms with van der Waals surface area (Å²) in [4.78, 5) is 54.0. The minimum atomic E-state index is -3.25. The fourth-order valence-corrected chi connectivity index (χ4v) is 6.33. The number of sulfone groups is 1. The molecule has 0 aromatic heterocycles. The third-order valence-corrected chi connectivity index (χ3v) is 7.98. The zero-order valence-electron chi connectivity index (χ0n) is 17.1. The number of imide groups is 2. The summed E-state index contributed by atoms with van der Waals surface area (Å²) in [6, 6.07) is 7.51. The number of carbonyl (C=O) groups is 4. The highest BCUT2D eigenvalue weighted by atomic mass is 32.2. The fraction of sp³-hybridized carbons (Fsp3) is 0.524. The molecule has 5 amide bonds. The molecular formula is C21H25N3O6S. The molecule has 0 N–H and O–H groups in total. The second-order valence-electron chi connectivity index (χ2n) is 8.35. The van der Waals surface area contributed by atoms with E-state index in [1.807, 2.05) is 30.3 Å². The van der Waals surface area contributed by atoms with Gasteiger partial charge in [-0.15, -0.1) is 0 Å². The van der Waals surface area contributed by atoms with Crippen molar-refractivity contribution in [3.05, 3.63) is 35.9 Å². The van der Waals surface area contributed by atoms with Crippen LogP contribution in [0.1, 0.15) is 37.7 Å². The molecule has 1 saturated carbocycles. The Labute approximate surface area is 180 Å². The number of hydrogen-bond acceptors (Lipinski definition) is 6. The van der Waals surface area contributed by atoms with Gasteiger partial charge in [-0.3, -0.25) is 19.3 Å². The van der Waals surface area contributed by atoms with E-state index in [-0.39, 0.29) is 24.1 Å². The van der Waals surface area contributed by atoms with Gasteiger partial charge in [0.2, 0.25) is 5.91 Å². The molecule has 2 heterocycles. The SMILES string of the molecule is O=C1C(=O)N(C2CCCC2)C(=O)N1CC(=O)N(Cc1ccccc1)[C@H]1CCS(=O)(=O)C1. The molecular weight excluding hydrogens is 422 g/mol. The van der Waals surface area contributed by atoms with E-state index < -0.39 is 46.2 Å². The fourth-order valence-electron chi connectivity index (χ4n) is 4.59. The van der Waals surface area contributed by atoms with Crippen LogP contribution < -0.4 is 0 Å². The molecule has 9 nitrogen and oxygen atoms in total. The number of amides is 5. The minimum absolute atomic E-state index is 0.00818. The number of carbonyl (C=O) groups excluding carboxylic acids is 4. The second kappa shape index (κ2) is 8.41. The van der Waals surface area contributed by atoms with Crippen molar-refractivity contribution in [3.8, 4) is 0 Å². The van der Waals surface area contributed by atoms with Crippen molar-refractivity contribution in [2.24, 2.45) is 0 Å². The van der Waals surface area contributed by atoms with E-state index in [9.17, 15) is 27.6 Å². The molecule has 1 aromatic carbocycles. The number of urea groups is 1. The molecule has 2 aliphatic heterocycles. The minimum Gasteiger partial charge on any atom is -0.333 e. The first-order valence-corrected chi connectivity index (χ1v) is 12.3. The van der Waals surface area contributed by atoms with Crippen molar-refractivity contribution in [1.82, 2.24) is 14.7 Å². The van der Waals surface area contributed by atoms with Crippen LogP contribution >= 0.6 is 0 Å². The zero-order chi connectivity index (χ0) is 22.2. The molecule has 0 spiro atoms. The van der Waals surface area contributed by atoms with Gasteiger partial charge in [-0.2, -0.15) is 0 Å². The summed E-state index contributed by atoms with van der Waals surface area (Å²) in [5.41, 5.74) is 0.808. The molecule has 1 atom stereocenters. The van der Waals surface area contributed by atoms with Gasteiger partial charge >= 0.3 is 17.8 Å². The second-order valence-corrected chi connectivity index (χ2v) is 10.6. The van der Waals surface area contributed by atoms with Crippen molar-refractivity contribution in [1.29, 1.82) is 0 Å². The third kappa shape index (κ3) is 4.34. The Morgan fingerprint density at radius 3 is 2.29 bits per heavy atom. The van der Waals surface area contributed by atoms with Gasteiger partial charge in [0, 0.05) is 18.6 Å². The van der Waals surface area contributed by atoms with E-state index in [1.54, 1.807) is 0 Å². The van der Waals surface area contributed by atoms with Gasteiger partial charge in [-0.1, -0.05) is 43.2 Å². The van der Waals surface area contributed by atoms with Crippen LogP contribution in [0.25, 0.3) is 0 Å². The Morgan fingerprint density at radius 1 is 1.00 bits per heavy atom. The quantitative estimate of drug-likeness (QED) is 0.474. The number of hydrogen-bond donors (Lipinski definition) is 0. The molecule has 2 saturated heterocycles. The summed E-state index contributed by atoms with van der Waals surface area (Å²) in [6.45, 7) is -0.410.